The Kier molecular flexibility index (Phi) is 4.29. The lowest BCUT2D eigenvalue weighted by molar-refractivity contribution is 0.210. The van der Waals surface area contributed by atoms with Crippen molar-refractivity contribution in [2.24, 2.45) is 5.92 Å². The van der Waals surface area contributed by atoms with Crippen LogP contribution in [0.25, 0.3) is 26.6 Å². The van der Waals surface area contributed by atoms with E-state index in [4.69, 9.17) is 9.72 Å². The Hall–Kier alpha value is -2.51. The van der Waals surface area contributed by atoms with E-state index in [1.165, 1.54) is 15.0 Å². The van der Waals surface area contributed by atoms with Crippen LogP contribution in [0.15, 0.2) is 29.1 Å². The van der Waals surface area contributed by atoms with Crippen molar-refractivity contribution in [3.05, 3.63) is 45.1 Å². The van der Waals surface area contributed by atoms with Gasteiger partial charge in [-0.15, -0.1) is 16.4 Å². The SMILES string of the molecule is COCCNc1nn2c(=O)c3c4c(sc3nc2c2ccccc12)C[C@H](C)CC4. The fraction of sp³-hybridized carbons (Fsp3) is 0.381. The topological polar surface area (TPSA) is 68.5 Å². The molecule has 4 aromatic rings. The molecule has 1 aliphatic carbocycles. The van der Waals surface area contributed by atoms with E-state index in [9.17, 15) is 4.79 Å². The average molecular weight is 395 g/mol. The molecule has 1 atom stereocenters. The number of hydrogen-bond donors (Lipinski definition) is 1. The van der Waals surface area contributed by atoms with Gasteiger partial charge in [-0.1, -0.05) is 31.2 Å². The highest BCUT2D eigenvalue weighted by atomic mass is 32.1. The van der Waals surface area contributed by atoms with Gasteiger partial charge in [0.2, 0.25) is 0 Å². The van der Waals surface area contributed by atoms with Gasteiger partial charge < -0.3 is 10.1 Å². The van der Waals surface area contributed by atoms with Crippen LogP contribution in [-0.2, 0) is 17.6 Å². The van der Waals surface area contributed by atoms with Gasteiger partial charge in [-0.05, 0) is 30.7 Å². The second-order valence-electron chi connectivity index (χ2n) is 7.50. The lowest BCUT2D eigenvalue weighted by Crippen LogP contribution is -2.21. The second-order valence-corrected chi connectivity index (χ2v) is 8.58. The third kappa shape index (κ3) is 2.69. The number of ether oxygens (including phenoxy) is 1. The van der Waals surface area contributed by atoms with E-state index in [1.54, 1.807) is 18.4 Å². The smallest absolute Gasteiger partial charge is 0.283 e. The van der Waals surface area contributed by atoms with Crippen molar-refractivity contribution < 1.29 is 4.74 Å². The first kappa shape index (κ1) is 17.6. The van der Waals surface area contributed by atoms with Crippen LogP contribution in [0.1, 0.15) is 23.8 Å². The highest BCUT2D eigenvalue weighted by molar-refractivity contribution is 7.18. The molecule has 6 nitrogen and oxygen atoms in total. The zero-order chi connectivity index (χ0) is 19.3. The maximum Gasteiger partial charge on any atom is 0.283 e. The van der Waals surface area contributed by atoms with Gasteiger partial charge >= 0.3 is 0 Å². The number of hydrogen-bond acceptors (Lipinski definition) is 6. The number of aryl methyl sites for hydroxylation is 1. The second kappa shape index (κ2) is 6.83. The van der Waals surface area contributed by atoms with E-state index in [0.717, 1.165) is 40.3 Å². The van der Waals surface area contributed by atoms with E-state index < -0.39 is 0 Å². The Bertz CT molecular complexity index is 1260. The molecule has 1 aliphatic rings. The zero-order valence-corrected chi connectivity index (χ0v) is 16.8. The molecule has 1 aromatic carbocycles. The van der Waals surface area contributed by atoms with Crippen LogP contribution in [0.3, 0.4) is 0 Å². The van der Waals surface area contributed by atoms with E-state index in [0.29, 0.717) is 30.5 Å². The molecule has 7 heteroatoms. The predicted molar refractivity (Wildman–Crippen MR) is 114 cm³/mol. The number of methoxy groups -OCH3 is 1. The lowest BCUT2D eigenvalue weighted by atomic mass is 9.89. The molecule has 0 spiro atoms. The van der Waals surface area contributed by atoms with Crippen LogP contribution < -0.4 is 10.9 Å². The molecule has 0 fully saturated rings. The van der Waals surface area contributed by atoms with Crippen molar-refractivity contribution in [2.75, 3.05) is 25.6 Å². The highest BCUT2D eigenvalue weighted by Gasteiger charge is 2.24. The molecular formula is C21H22N4O2S. The summed E-state index contributed by atoms with van der Waals surface area (Å²) >= 11 is 1.68. The van der Waals surface area contributed by atoms with Crippen molar-refractivity contribution >= 4 is 43.8 Å². The number of anilines is 1. The molecule has 0 bridgehead atoms. The molecule has 3 heterocycles. The van der Waals surface area contributed by atoms with Gasteiger partial charge in [0.05, 0.1) is 12.0 Å². The van der Waals surface area contributed by atoms with E-state index in [2.05, 4.69) is 17.3 Å². The molecule has 0 radical (unpaired) electrons. The average Bonchev–Trinajstić information content (AvgIpc) is 3.06. The molecule has 0 aliphatic heterocycles. The third-order valence-corrected chi connectivity index (χ3v) is 6.68. The van der Waals surface area contributed by atoms with Crippen LogP contribution in [0, 0.1) is 5.92 Å². The first-order valence-corrected chi connectivity index (χ1v) is 10.5. The van der Waals surface area contributed by atoms with Crippen LogP contribution in [-0.4, -0.2) is 34.9 Å². The number of nitrogens with one attached hydrogen (secondary N) is 1. The highest BCUT2D eigenvalue weighted by Crippen LogP contribution is 2.36. The Morgan fingerprint density at radius 2 is 2.14 bits per heavy atom. The Morgan fingerprint density at radius 3 is 2.96 bits per heavy atom. The molecule has 0 unspecified atom stereocenters. The van der Waals surface area contributed by atoms with E-state index >= 15 is 0 Å². The number of benzene rings is 1. The summed E-state index contributed by atoms with van der Waals surface area (Å²) in [7, 11) is 1.67. The predicted octanol–water partition coefficient (Wildman–Crippen LogP) is 3.64. The number of fused-ring (bicyclic) bond motifs is 6. The molecule has 0 saturated heterocycles. The minimum absolute atomic E-state index is 0.0624. The van der Waals surface area contributed by atoms with Crippen molar-refractivity contribution in [1.82, 2.24) is 14.6 Å². The van der Waals surface area contributed by atoms with Gasteiger partial charge in [0.1, 0.15) is 4.83 Å². The summed E-state index contributed by atoms with van der Waals surface area (Å²) in [6, 6.07) is 7.96. The van der Waals surface area contributed by atoms with Gasteiger partial charge in [-0.2, -0.15) is 4.52 Å². The van der Waals surface area contributed by atoms with Gasteiger partial charge in [0.25, 0.3) is 5.56 Å². The number of rotatable bonds is 4. The quantitative estimate of drug-likeness (QED) is 0.423. The van der Waals surface area contributed by atoms with E-state index in [1.807, 2.05) is 24.3 Å². The van der Waals surface area contributed by atoms with Crippen molar-refractivity contribution in [1.29, 1.82) is 0 Å². The van der Waals surface area contributed by atoms with Gasteiger partial charge in [-0.25, -0.2) is 4.98 Å². The summed E-state index contributed by atoms with van der Waals surface area (Å²) in [4.78, 5) is 20.5. The summed E-state index contributed by atoms with van der Waals surface area (Å²) in [5.41, 5.74) is 1.75. The maximum absolute atomic E-state index is 13.4. The fourth-order valence-electron chi connectivity index (χ4n) is 4.09. The van der Waals surface area contributed by atoms with Crippen molar-refractivity contribution in [2.45, 2.75) is 26.2 Å². The molecule has 28 heavy (non-hydrogen) atoms. The van der Waals surface area contributed by atoms with Crippen LogP contribution in [0.5, 0.6) is 0 Å². The first-order valence-electron chi connectivity index (χ1n) is 9.66. The summed E-state index contributed by atoms with van der Waals surface area (Å²) < 4.78 is 6.61. The van der Waals surface area contributed by atoms with Gasteiger partial charge in [0, 0.05) is 29.3 Å². The largest absolute Gasteiger partial charge is 0.383 e. The number of aromatic nitrogens is 3. The summed E-state index contributed by atoms with van der Waals surface area (Å²) in [6.07, 6.45) is 3.11. The Balaban J connectivity index is 1.81. The molecule has 144 valence electrons. The van der Waals surface area contributed by atoms with Crippen LogP contribution in [0.4, 0.5) is 5.82 Å². The van der Waals surface area contributed by atoms with Crippen LogP contribution >= 0.6 is 11.3 Å². The fourth-order valence-corrected chi connectivity index (χ4v) is 5.46. The van der Waals surface area contributed by atoms with E-state index in [-0.39, 0.29) is 5.56 Å². The summed E-state index contributed by atoms with van der Waals surface area (Å²) in [5, 5.41) is 10.6. The Labute approximate surface area is 166 Å². The Morgan fingerprint density at radius 1 is 1.32 bits per heavy atom. The molecule has 1 N–H and O–H groups in total. The summed E-state index contributed by atoms with van der Waals surface area (Å²) in [5.74, 6) is 1.34. The molecule has 0 saturated carbocycles. The molecule has 5 rings (SSSR count). The standard InChI is InChI=1S/C21H22N4O2S/c1-12-7-8-15-16(11-12)28-20-17(15)21(26)25-19(23-20)14-6-4-3-5-13(14)18(24-25)22-9-10-27-2/h3-6,12H,7-11H2,1-2H3,(H,22,24)/t12-/m1/s1. The van der Waals surface area contributed by atoms with Crippen molar-refractivity contribution in [3.63, 3.8) is 0 Å². The zero-order valence-electron chi connectivity index (χ0n) is 16.0. The number of thiophene rings is 1. The monoisotopic (exact) mass is 394 g/mol. The first-order chi connectivity index (χ1) is 13.7. The third-order valence-electron chi connectivity index (χ3n) is 5.53. The van der Waals surface area contributed by atoms with Gasteiger partial charge in [0.15, 0.2) is 11.5 Å². The van der Waals surface area contributed by atoms with Gasteiger partial charge in [-0.3, -0.25) is 4.79 Å². The van der Waals surface area contributed by atoms with Crippen LogP contribution in [0.2, 0.25) is 0 Å². The normalized spacial score (nSPS) is 16.7. The minimum atomic E-state index is -0.0624. The maximum atomic E-state index is 13.4. The summed E-state index contributed by atoms with van der Waals surface area (Å²) in [6.45, 7) is 3.46. The molecule has 3 aromatic heterocycles. The van der Waals surface area contributed by atoms with Crippen molar-refractivity contribution in [3.8, 4) is 0 Å². The lowest BCUT2D eigenvalue weighted by Gasteiger charge is -2.17. The minimum Gasteiger partial charge on any atom is -0.383 e. The number of nitrogens with zero attached hydrogens (tertiary/aromatic N) is 3. The molecule has 0 amide bonds. The molecular weight excluding hydrogens is 372 g/mol.